The van der Waals surface area contributed by atoms with Crippen molar-refractivity contribution in [3.05, 3.63) is 35.5 Å². The molecule has 1 rings (SSSR count). The Morgan fingerprint density at radius 3 is 2.67 bits per heavy atom. The normalized spacial score (nSPS) is 19.8. The second kappa shape index (κ2) is 4.19. The molecule has 1 aliphatic carbocycles. The summed E-state index contributed by atoms with van der Waals surface area (Å²) in [6.07, 6.45) is 7.25. The van der Waals surface area contributed by atoms with E-state index in [0.29, 0.717) is 0 Å². The third kappa shape index (κ3) is 2.29. The fourth-order valence-electron chi connectivity index (χ4n) is 1.20. The van der Waals surface area contributed by atoms with Crippen LogP contribution < -0.4 is 0 Å². The van der Waals surface area contributed by atoms with Crippen molar-refractivity contribution < 1.29 is 8.78 Å². The first-order chi connectivity index (χ1) is 5.74. The highest BCUT2D eigenvalue weighted by Crippen LogP contribution is 2.23. The Labute approximate surface area is 71.3 Å². The Hall–Kier alpha value is -0.920. The molecule has 1 aliphatic rings. The van der Waals surface area contributed by atoms with Crippen LogP contribution in [0.2, 0.25) is 0 Å². The molecule has 0 bridgehead atoms. The molecule has 0 spiro atoms. The van der Waals surface area contributed by atoms with Gasteiger partial charge in [0.1, 0.15) is 0 Å². The van der Waals surface area contributed by atoms with Crippen LogP contribution in [0.25, 0.3) is 0 Å². The van der Waals surface area contributed by atoms with E-state index in [-0.39, 0.29) is 0 Å². The van der Waals surface area contributed by atoms with Gasteiger partial charge in [-0.05, 0) is 43.9 Å². The summed E-state index contributed by atoms with van der Waals surface area (Å²) >= 11 is 0. The van der Waals surface area contributed by atoms with Gasteiger partial charge in [-0.15, -0.1) is 0 Å². The molecule has 0 nitrogen and oxygen atoms in total. The fourth-order valence-corrected chi connectivity index (χ4v) is 1.20. The maximum atomic E-state index is 12.8. The van der Waals surface area contributed by atoms with Crippen LogP contribution in [0, 0.1) is 0 Å². The van der Waals surface area contributed by atoms with Crippen LogP contribution in [0.15, 0.2) is 35.5 Å². The summed E-state index contributed by atoms with van der Waals surface area (Å²) in [5, 5.41) is 0. The Morgan fingerprint density at radius 1 is 1.42 bits per heavy atom. The molecule has 0 aliphatic heterocycles. The minimum atomic E-state index is -0.775. The summed E-state index contributed by atoms with van der Waals surface area (Å²) in [5.74, 6) is -1.53. The van der Waals surface area contributed by atoms with Gasteiger partial charge in [-0.3, -0.25) is 0 Å². The van der Waals surface area contributed by atoms with E-state index >= 15 is 0 Å². The Balaban J connectivity index is 2.67. The lowest BCUT2D eigenvalue weighted by Gasteiger charge is -1.93. The van der Waals surface area contributed by atoms with Crippen LogP contribution in [0.5, 0.6) is 0 Å². The lowest BCUT2D eigenvalue weighted by Crippen LogP contribution is -1.77. The molecular formula is C10H12F2. The van der Waals surface area contributed by atoms with Crippen molar-refractivity contribution >= 4 is 0 Å². The lowest BCUT2D eigenvalue weighted by atomic mass is 10.2. The molecule has 0 amide bonds. The number of hydrogen-bond acceptors (Lipinski definition) is 0. The molecule has 0 saturated heterocycles. The van der Waals surface area contributed by atoms with Crippen molar-refractivity contribution in [2.75, 3.05) is 0 Å². The molecule has 0 aromatic rings. The smallest absolute Gasteiger partial charge is 0.158 e. The van der Waals surface area contributed by atoms with Crippen LogP contribution in [0.1, 0.15) is 26.2 Å². The largest absolute Gasteiger partial charge is 0.204 e. The molecule has 0 fully saturated rings. The van der Waals surface area contributed by atoms with E-state index in [1.54, 1.807) is 0 Å². The first kappa shape index (κ1) is 9.17. The molecule has 2 heteroatoms. The number of halogens is 2. The topological polar surface area (TPSA) is 0 Å². The number of rotatable bonds is 2. The zero-order valence-electron chi connectivity index (χ0n) is 7.11. The second-order valence-electron chi connectivity index (χ2n) is 2.80. The second-order valence-corrected chi connectivity index (χ2v) is 2.80. The first-order valence-electron chi connectivity index (χ1n) is 4.12. The molecule has 66 valence electrons. The van der Waals surface area contributed by atoms with E-state index in [1.165, 1.54) is 13.0 Å². The standard InChI is InChI=1S/C10H12F2/c1-2-9(11)10(12)7-8-5-3-4-6-8/h2,5,7H,3-4,6H2,1H3/b9-2+,10-7+. The molecule has 0 atom stereocenters. The SMILES string of the molecule is C/C=C(F)\C(F)=C/C1=CCCC1. The quantitative estimate of drug-likeness (QED) is 0.552. The Kier molecular flexibility index (Phi) is 3.20. The first-order valence-corrected chi connectivity index (χ1v) is 4.12. The van der Waals surface area contributed by atoms with Gasteiger partial charge in [0.05, 0.1) is 0 Å². The molecule has 0 radical (unpaired) electrons. The highest BCUT2D eigenvalue weighted by molar-refractivity contribution is 5.30. The van der Waals surface area contributed by atoms with Crippen LogP contribution in [-0.4, -0.2) is 0 Å². The maximum Gasteiger partial charge on any atom is 0.158 e. The van der Waals surface area contributed by atoms with E-state index in [9.17, 15) is 8.78 Å². The van der Waals surface area contributed by atoms with Gasteiger partial charge in [0, 0.05) is 0 Å². The molecule has 0 saturated carbocycles. The zero-order valence-corrected chi connectivity index (χ0v) is 7.11. The summed E-state index contributed by atoms with van der Waals surface area (Å²) in [7, 11) is 0. The average Bonchev–Trinajstić information content (AvgIpc) is 2.55. The summed E-state index contributed by atoms with van der Waals surface area (Å²) in [4.78, 5) is 0. The predicted molar refractivity (Wildman–Crippen MR) is 46.0 cm³/mol. The van der Waals surface area contributed by atoms with Gasteiger partial charge >= 0.3 is 0 Å². The van der Waals surface area contributed by atoms with Gasteiger partial charge in [-0.2, -0.15) is 0 Å². The lowest BCUT2D eigenvalue weighted by molar-refractivity contribution is 0.543. The number of allylic oxidation sites excluding steroid dienone is 6. The van der Waals surface area contributed by atoms with Crippen molar-refractivity contribution in [2.24, 2.45) is 0 Å². The summed E-state index contributed by atoms with van der Waals surface area (Å²) in [6, 6.07) is 0. The van der Waals surface area contributed by atoms with Gasteiger partial charge in [-0.25, -0.2) is 8.78 Å². The third-order valence-corrected chi connectivity index (χ3v) is 1.87. The summed E-state index contributed by atoms with van der Waals surface area (Å²) < 4.78 is 25.4. The zero-order chi connectivity index (χ0) is 8.97. The maximum absolute atomic E-state index is 12.8. The van der Waals surface area contributed by atoms with Gasteiger partial charge < -0.3 is 0 Å². The molecule has 0 aromatic carbocycles. The van der Waals surface area contributed by atoms with Crippen LogP contribution in [0.3, 0.4) is 0 Å². The van der Waals surface area contributed by atoms with Crippen molar-refractivity contribution in [1.29, 1.82) is 0 Å². The van der Waals surface area contributed by atoms with Gasteiger partial charge in [0.25, 0.3) is 0 Å². The van der Waals surface area contributed by atoms with Crippen molar-refractivity contribution in [2.45, 2.75) is 26.2 Å². The highest BCUT2D eigenvalue weighted by atomic mass is 19.2. The van der Waals surface area contributed by atoms with E-state index in [1.807, 2.05) is 6.08 Å². The molecular weight excluding hydrogens is 158 g/mol. The Bertz CT molecular complexity index is 247. The molecule has 0 N–H and O–H groups in total. The molecule has 0 unspecified atom stereocenters. The van der Waals surface area contributed by atoms with Crippen LogP contribution in [0.4, 0.5) is 8.78 Å². The third-order valence-electron chi connectivity index (χ3n) is 1.87. The van der Waals surface area contributed by atoms with Crippen LogP contribution in [-0.2, 0) is 0 Å². The molecule has 0 aromatic heterocycles. The summed E-state index contributed by atoms with van der Waals surface area (Å²) in [6.45, 7) is 1.48. The Morgan fingerprint density at radius 2 is 2.17 bits per heavy atom. The monoisotopic (exact) mass is 170 g/mol. The van der Waals surface area contributed by atoms with Crippen molar-refractivity contribution in [3.8, 4) is 0 Å². The van der Waals surface area contributed by atoms with Crippen molar-refractivity contribution in [3.63, 3.8) is 0 Å². The van der Waals surface area contributed by atoms with Gasteiger partial charge in [-0.1, -0.05) is 6.08 Å². The van der Waals surface area contributed by atoms with E-state index in [0.717, 1.165) is 30.9 Å². The highest BCUT2D eigenvalue weighted by Gasteiger charge is 2.06. The van der Waals surface area contributed by atoms with Crippen LogP contribution >= 0.6 is 0 Å². The molecule has 0 heterocycles. The minimum absolute atomic E-state index is 0.759. The predicted octanol–water partition coefficient (Wildman–Crippen LogP) is 3.82. The number of hydrogen-bond donors (Lipinski definition) is 0. The van der Waals surface area contributed by atoms with Crippen molar-refractivity contribution in [1.82, 2.24) is 0 Å². The van der Waals surface area contributed by atoms with E-state index in [4.69, 9.17) is 0 Å². The van der Waals surface area contributed by atoms with Gasteiger partial charge in [0.2, 0.25) is 0 Å². The minimum Gasteiger partial charge on any atom is -0.204 e. The van der Waals surface area contributed by atoms with Gasteiger partial charge in [0.15, 0.2) is 11.7 Å². The van der Waals surface area contributed by atoms with E-state index in [2.05, 4.69) is 0 Å². The molecule has 12 heavy (non-hydrogen) atoms. The average molecular weight is 170 g/mol. The summed E-state index contributed by atoms with van der Waals surface area (Å²) in [5.41, 5.74) is 0.907. The fraction of sp³-hybridized carbons (Fsp3) is 0.400. The van der Waals surface area contributed by atoms with E-state index < -0.39 is 11.7 Å².